The van der Waals surface area contributed by atoms with E-state index in [0.29, 0.717) is 11.8 Å². The number of nitrogens with zero attached hydrogens (tertiary/aromatic N) is 2. The molecule has 1 unspecified atom stereocenters. The summed E-state index contributed by atoms with van der Waals surface area (Å²) in [5, 5.41) is 11.7. The van der Waals surface area contributed by atoms with Crippen molar-refractivity contribution >= 4 is 27.3 Å². The fourth-order valence-electron chi connectivity index (χ4n) is 1.77. The Morgan fingerprint density at radius 1 is 1.42 bits per heavy atom. The highest BCUT2D eigenvalue weighted by molar-refractivity contribution is 9.11. The van der Waals surface area contributed by atoms with Gasteiger partial charge in [0.15, 0.2) is 0 Å². The van der Waals surface area contributed by atoms with E-state index >= 15 is 0 Å². The lowest BCUT2D eigenvalue weighted by Gasteiger charge is -2.11. The summed E-state index contributed by atoms with van der Waals surface area (Å²) in [6, 6.07) is 2.21. The van der Waals surface area contributed by atoms with E-state index in [1.807, 2.05) is 0 Å². The quantitative estimate of drug-likeness (QED) is 0.848. The minimum absolute atomic E-state index is 0.144. The third-order valence-corrected chi connectivity index (χ3v) is 4.98. The first-order valence-electron chi connectivity index (χ1n) is 6.48. The van der Waals surface area contributed by atoms with E-state index in [4.69, 9.17) is 4.42 Å². The van der Waals surface area contributed by atoms with Gasteiger partial charge in [0.25, 0.3) is 5.89 Å². The van der Waals surface area contributed by atoms with Crippen LogP contribution in [-0.2, 0) is 0 Å². The first kappa shape index (κ1) is 14.7. The van der Waals surface area contributed by atoms with Crippen LogP contribution in [0.3, 0.4) is 0 Å². The normalized spacial score (nSPS) is 12.8. The number of aromatic nitrogens is 2. The number of hydrogen-bond acceptors (Lipinski definition) is 5. The van der Waals surface area contributed by atoms with Crippen molar-refractivity contribution in [2.75, 3.05) is 6.54 Å². The number of aryl methyl sites for hydroxylation is 1. The average Bonchev–Trinajstić information content (AvgIpc) is 2.99. The van der Waals surface area contributed by atoms with Gasteiger partial charge in [0.05, 0.1) is 14.7 Å². The Morgan fingerprint density at radius 2 is 2.21 bits per heavy atom. The molecule has 0 spiro atoms. The maximum Gasteiger partial charge on any atom is 0.257 e. The molecule has 19 heavy (non-hydrogen) atoms. The molecule has 6 heteroatoms. The van der Waals surface area contributed by atoms with Crippen molar-refractivity contribution in [3.05, 3.63) is 21.3 Å². The predicted octanol–water partition coefficient (Wildman–Crippen LogP) is 4.32. The van der Waals surface area contributed by atoms with Gasteiger partial charge in [-0.1, -0.05) is 13.8 Å². The third kappa shape index (κ3) is 3.43. The van der Waals surface area contributed by atoms with E-state index in [0.717, 1.165) is 28.0 Å². The van der Waals surface area contributed by atoms with Crippen LogP contribution in [0.1, 0.15) is 44.2 Å². The Hall–Kier alpha value is -0.720. The summed E-state index contributed by atoms with van der Waals surface area (Å²) < 4.78 is 6.90. The standard InChI is InChI=1S/C13H18BrN3OS/c1-4-6-15-9(5-2)12-16-17-13(18-12)10-7-8(3)11(14)19-10/h7,9,15H,4-6H2,1-3H3. The van der Waals surface area contributed by atoms with Crippen LogP contribution < -0.4 is 5.32 Å². The van der Waals surface area contributed by atoms with E-state index in [2.05, 4.69) is 58.3 Å². The van der Waals surface area contributed by atoms with Crippen LogP contribution in [0.2, 0.25) is 0 Å². The Labute approximate surface area is 125 Å². The maximum absolute atomic E-state index is 5.79. The highest BCUT2D eigenvalue weighted by Crippen LogP contribution is 2.34. The van der Waals surface area contributed by atoms with Crippen molar-refractivity contribution in [3.8, 4) is 10.8 Å². The highest BCUT2D eigenvalue weighted by Gasteiger charge is 2.18. The van der Waals surface area contributed by atoms with Gasteiger partial charge < -0.3 is 9.73 Å². The summed E-state index contributed by atoms with van der Waals surface area (Å²) >= 11 is 5.13. The van der Waals surface area contributed by atoms with Gasteiger partial charge in [-0.25, -0.2) is 0 Å². The molecule has 1 atom stereocenters. The van der Waals surface area contributed by atoms with Crippen LogP contribution >= 0.6 is 27.3 Å². The maximum atomic E-state index is 5.79. The Morgan fingerprint density at radius 3 is 2.79 bits per heavy atom. The summed E-state index contributed by atoms with van der Waals surface area (Å²) in [6.07, 6.45) is 2.03. The first-order valence-corrected chi connectivity index (χ1v) is 8.09. The van der Waals surface area contributed by atoms with Gasteiger partial charge in [-0.3, -0.25) is 0 Å². The number of nitrogens with one attached hydrogen (secondary N) is 1. The molecule has 104 valence electrons. The summed E-state index contributed by atoms with van der Waals surface area (Å²) in [4.78, 5) is 1.01. The molecule has 0 aliphatic heterocycles. The Bertz CT molecular complexity index is 518. The van der Waals surface area contributed by atoms with Crippen LogP contribution in [0.5, 0.6) is 0 Å². The van der Waals surface area contributed by atoms with Crippen molar-refractivity contribution < 1.29 is 4.42 Å². The number of halogens is 1. The molecule has 2 aromatic heterocycles. The highest BCUT2D eigenvalue weighted by atomic mass is 79.9. The van der Waals surface area contributed by atoms with Gasteiger partial charge >= 0.3 is 0 Å². The fourth-order valence-corrected chi connectivity index (χ4v) is 3.22. The zero-order chi connectivity index (χ0) is 13.8. The predicted molar refractivity (Wildman–Crippen MR) is 81.4 cm³/mol. The largest absolute Gasteiger partial charge is 0.418 e. The van der Waals surface area contributed by atoms with E-state index in [1.165, 1.54) is 5.56 Å². The van der Waals surface area contributed by atoms with Gasteiger partial charge in [-0.2, -0.15) is 0 Å². The van der Waals surface area contributed by atoms with Gasteiger partial charge in [0.2, 0.25) is 5.89 Å². The molecule has 0 radical (unpaired) electrons. The second-order valence-electron chi connectivity index (χ2n) is 4.43. The van der Waals surface area contributed by atoms with Crippen molar-refractivity contribution in [3.63, 3.8) is 0 Å². The van der Waals surface area contributed by atoms with Crippen LogP contribution in [0.15, 0.2) is 14.3 Å². The molecule has 0 aliphatic carbocycles. The number of hydrogen-bond donors (Lipinski definition) is 1. The van der Waals surface area contributed by atoms with Crippen LogP contribution in [-0.4, -0.2) is 16.7 Å². The second-order valence-corrected chi connectivity index (χ2v) is 6.80. The number of rotatable bonds is 6. The van der Waals surface area contributed by atoms with E-state index in [-0.39, 0.29) is 6.04 Å². The average molecular weight is 344 g/mol. The van der Waals surface area contributed by atoms with E-state index in [9.17, 15) is 0 Å². The zero-order valence-corrected chi connectivity index (χ0v) is 13.8. The van der Waals surface area contributed by atoms with Gasteiger partial charge in [-0.05, 0) is 53.9 Å². The fraction of sp³-hybridized carbons (Fsp3) is 0.538. The van der Waals surface area contributed by atoms with Crippen molar-refractivity contribution in [2.24, 2.45) is 0 Å². The molecule has 2 heterocycles. The number of thiophene rings is 1. The lowest BCUT2D eigenvalue weighted by molar-refractivity contribution is 0.396. The monoisotopic (exact) mass is 343 g/mol. The zero-order valence-electron chi connectivity index (χ0n) is 11.4. The molecule has 4 nitrogen and oxygen atoms in total. The van der Waals surface area contributed by atoms with Crippen LogP contribution in [0.25, 0.3) is 10.8 Å². The molecule has 0 amide bonds. The lowest BCUT2D eigenvalue weighted by Crippen LogP contribution is -2.21. The third-order valence-electron chi connectivity index (χ3n) is 2.86. The smallest absolute Gasteiger partial charge is 0.257 e. The van der Waals surface area contributed by atoms with E-state index in [1.54, 1.807) is 11.3 Å². The van der Waals surface area contributed by atoms with Gasteiger partial charge in [0, 0.05) is 0 Å². The molecule has 0 aromatic carbocycles. The summed E-state index contributed by atoms with van der Waals surface area (Å²) in [7, 11) is 0. The lowest BCUT2D eigenvalue weighted by atomic mass is 10.2. The second kappa shape index (κ2) is 6.63. The molecule has 0 bridgehead atoms. The summed E-state index contributed by atoms with van der Waals surface area (Å²) in [5.74, 6) is 1.28. The molecule has 0 saturated carbocycles. The van der Waals surface area contributed by atoms with Crippen molar-refractivity contribution in [1.82, 2.24) is 15.5 Å². The molecule has 1 N–H and O–H groups in total. The minimum atomic E-state index is 0.144. The molecule has 0 saturated heterocycles. The summed E-state index contributed by atoms with van der Waals surface area (Å²) in [5.41, 5.74) is 1.19. The summed E-state index contributed by atoms with van der Waals surface area (Å²) in [6.45, 7) is 7.27. The van der Waals surface area contributed by atoms with Crippen molar-refractivity contribution in [1.29, 1.82) is 0 Å². The SMILES string of the molecule is CCCNC(CC)c1nnc(-c2cc(C)c(Br)s2)o1. The van der Waals surface area contributed by atoms with E-state index < -0.39 is 0 Å². The minimum Gasteiger partial charge on any atom is -0.418 e. The molecule has 2 aromatic rings. The van der Waals surface area contributed by atoms with Crippen molar-refractivity contribution in [2.45, 2.75) is 39.7 Å². The van der Waals surface area contributed by atoms with Crippen LogP contribution in [0, 0.1) is 6.92 Å². The van der Waals surface area contributed by atoms with Gasteiger partial charge in [-0.15, -0.1) is 21.5 Å². The van der Waals surface area contributed by atoms with Gasteiger partial charge in [0.1, 0.15) is 0 Å². The molecule has 0 fully saturated rings. The topological polar surface area (TPSA) is 51.0 Å². The Kier molecular flexibility index (Phi) is 5.13. The molecule has 0 aliphatic rings. The van der Waals surface area contributed by atoms with Crippen LogP contribution in [0.4, 0.5) is 0 Å². The first-order chi connectivity index (χ1) is 9.15. The Balaban J connectivity index is 2.17. The molecule has 2 rings (SSSR count). The molecular formula is C13H18BrN3OS. The molecular weight excluding hydrogens is 326 g/mol.